The maximum atomic E-state index is 9.93. The molecule has 2 nitrogen and oxygen atoms in total. The van der Waals surface area contributed by atoms with E-state index in [9.17, 15) is 4.79 Å². The third kappa shape index (κ3) is 15.6. The van der Waals surface area contributed by atoms with Crippen molar-refractivity contribution in [1.29, 1.82) is 0 Å². The van der Waals surface area contributed by atoms with Crippen molar-refractivity contribution in [3.05, 3.63) is 0 Å². The van der Waals surface area contributed by atoms with Gasteiger partial charge in [0.05, 0.1) is 10.3 Å². The van der Waals surface area contributed by atoms with E-state index in [2.05, 4.69) is 125 Å². The summed E-state index contributed by atoms with van der Waals surface area (Å²) in [4.78, 5) is 9.93. The Hall–Kier alpha value is 10.2. The van der Waals surface area contributed by atoms with Crippen LogP contribution in [0.5, 0.6) is 0 Å². The average molecular weight is 918 g/mol. The van der Waals surface area contributed by atoms with Crippen LogP contribution in [-0.4, -0.2) is 15.5 Å². The van der Waals surface area contributed by atoms with Gasteiger partial charge in [-0.25, -0.2) is 0 Å². The number of carbonyl (C=O) groups is 1. The van der Waals surface area contributed by atoms with E-state index in [0.29, 0.717) is 4.38 Å². The molecule has 17 unspecified atom stereocenters. The number of hydrogen-bond donors (Lipinski definition) is 1. The second-order valence-electron chi connectivity index (χ2n) is 5.90. The molecule has 0 aromatic carbocycles. The smallest absolute Gasteiger partial charge is 0.306 e. The van der Waals surface area contributed by atoms with E-state index in [4.69, 9.17) is 5.11 Å². The Bertz CT molecular complexity index is 463. The molecule has 1 N–H and O–H groups in total. The highest BCUT2D eigenvalue weighted by molar-refractivity contribution is 9.10. The molecule has 33 heavy (non-hydrogen) atoms. The summed E-state index contributed by atoms with van der Waals surface area (Å²) in [7, 11) is 46.2. The van der Waals surface area contributed by atoms with Crippen molar-refractivity contribution >= 4 is 210 Å². The van der Waals surface area contributed by atoms with Crippen molar-refractivity contribution in [2.75, 3.05) is 0 Å². The van der Waals surface area contributed by atoms with E-state index in [-0.39, 0.29) is 77.0 Å². The Balaban J connectivity index is 0. The van der Waals surface area contributed by atoms with Gasteiger partial charge in [-0.3, -0.25) is 4.79 Å². The van der Waals surface area contributed by atoms with Crippen molar-refractivity contribution < 1.29 is 9.90 Å². The molecule has 0 aromatic heterocycles. The maximum absolute atomic E-state index is 9.93. The molecule has 0 radical (unpaired) electrons. The van der Waals surface area contributed by atoms with Crippen LogP contribution in [-0.2, 0) is 4.79 Å². The predicted octanol–water partition coefficient (Wildman–Crippen LogP) is 14.7. The Morgan fingerprint density at radius 3 is 1.06 bits per heavy atom. The van der Waals surface area contributed by atoms with Gasteiger partial charge in [-0.15, -0.1) is 125 Å². The van der Waals surface area contributed by atoms with Gasteiger partial charge in [0.1, 0.15) is 0 Å². The van der Waals surface area contributed by atoms with E-state index in [1.807, 2.05) is 6.92 Å². The van der Waals surface area contributed by atoms with Crippen molar-refractivity contribution in [1.82, 2.24) is 0 Å². The monoisotopic (exact) mass is 918 g/mol. The molecule has 0 spiro atoms. The number of carboxylic acid groups (broad SMARTS) is 1. The van der Waals surface area contributed by atoms with Gasteiger partial charge < -0.3 is 5.11 Å². The van der Waals surface area contributed by atoms with Crippen LogP contribution in [0.25, 0.3) is 0 Å². The number of hydrogen-bond acceptors (Lipinski definition) is 1. The van der Waals surface area contributed by atoms with E-state index < -0.39 is 5.97 Å². The summed E-state index contributed by atoms with van der Waals surface area (Å²) in [6.45, 7) is 2.89. The summed E-state index contributed by atoms with van der Waals surface area (Å²) < 4.78 is 0.527. The zero-order valence-electron chi connectivity index (χ0n) is 18.2. The van der Waals surface area contributed by atoms with Gasteiger partial charge in [0, 0.05) is 0 Å². The van der Waals surface area contributed by atoms with Crippen LogP contribution in [0, 0.1) is 5.92 Å². The van der Waals surface area contributed by atoms with Crippen molar-refractivity contribution in [2.24, 2.45) is 5.92 Å². The molecule has 0 aliphatic carbocycles. The van der Waals surface area contributed by atoms with Crippen molar-refractivity contribution in [2.45, 2.75) is 24.6 Å². The molecule has 17 atom stereocenters. The average Bonchev–Trinajstić information content (AvgIpc) is 2.64. The lowest BCUT2D eigenvalue weighted by Crippen LogP contribution is -2.09. The van der Waals surface area contributed by atoms with Gasteiger partial charge in [0.25, 0.3) is 0 Å². The highest BCUT2D eigenvalue weighted by Crippen LogP contribution is 3.26. The van der Waals surface area contributed by atoms with Crippen molar-refractivity contribution in [3.63, 3.8) is 0 Å². The highest BCUT2D eigenvalue weighted by Gasteiger charge is 2.60. The fraction of sp³-hybridized carbons (Fsp3) is 0.833. The predicted molar refractivity (Wildman–Crippen MR) is 243 cm³/mol. The zero-order valence-corrected chi connectivity index (χ0v) is 44.3. The van der Waals surface area contributed by atoms with Gasteiger partial charge in [-0.1, -0.05) is 21.8 Å². The van der Waals surface area contributed by atoms with Crippen LogP contribution >= 0.6 is 204 Å². The molecule has 27 heteroatoms. The number of aliphatic carboxylic acids is 1. The summed E-state index contributed by atoms with van der Waals surface area (Å²) in [5, 5.41) is 8.18. The zero-order chi connectivity index (χ0) is 26.8. The van der Waals surface area contributed by atoms with Gasteiger partial charge in [-0.05, 0) is 77.5 Å². The first kappa shape index (κ1) is 45.3. The normalized spacial score (nSPS) is 15.3. The largest absolute Gasteiger partial charge is 0.481 e. The first-order chi connectivity index (χ1) is 15.0. The minimum atomic E-state index is -0.706. The second kappa shape index (κ2) is 24.4. The molecular formula is C6H39O2P25. The second-order valence-corrected chi connectivity index (χ2v) is 90.4. The molecule has 0 bridgehead atoms. The topological polar surface area (TPSA) is 37.3 Å². The van der Waals surface area contributed by atoms with Crippen LogP contribution in [0.1, 0.15) is 20.3 Å². The van der Waals surface area contributed by atoms with E-state index >= 15 is 0 Å². The molecule has 0 saturated heterocycles. The molecular weight excluding hydrogens is 878 g/mol. The van der Waals surface area contributed by atoms with Gasteiger partial charge in [0.2, 0.25) is 0 Å². The Morgan fingerprint density at radius 2 is 0.970 bits per heavy atom. The van der Waals surface area contributed by atoms with Crippen LogP contribution in [0.4, 0.5) is 0 Å². The summed E-state index contributed by atoms with van der Waals surface area (Å²) in [5.41, 5.74) is 0. The lowest BCUT2D eigenvalue weighted by atomic mass is 10.1. The molecule has 0 rings (SSSR count). The highest BCUT2D eigenvalue weighted by atomic mass is 33.0. The Kier molecular flexibility index (Phi) is 33.5. The molecule has 0 aromatic rings. The lowest BCUT2D eigenvalue weighted by Gasteiger charge is -2.59. The SMILES string of the molecule is CCC(C)C(=O)O.PPP(P)C(P(P(P)P)P(P)P)(P(P(P)P)P(P)P)P(P(P)P)P(P)P. The quantitative estimate of drug-likeness (QED) is 0.187. The summed E-state index contributed by atoms with van der Waals surface area (Å²) >= 11 is 0. The fourth-order valence-corrected chi connectivity index (χ4v) is 212. The molecule has 200 valence electrons. The van der Waals surface area contributed by atoms with E-state index in [0.717, 1.165) is 14.4 Å². The standard InChI is InChI=1S/C5H10O2.CH29P25/c1-3-4(2)5(6)7;2-16-17(3)1(18(21(4)5)22(6)7,19(23(8)9)24(10)11)20(25(12)13)26(14)15/h4H,3H2,1-2H3,(H,6,7);16H,2-15H2. The first-order valence-electron chi connectivity index (χ1n) is 8.37. The molecule has 0 aliphatic rings. The fourth-order valence-electron chi connectivity index (χ4n) is 2.08. The molecule has 0 aliphatic heterocycles. The minimum Gasteiger partial charge on any atom is -0.481 e. The minimum absolute atomic E-state index is 0.0813. The third-order valence-electron chi connectivity index (χ3n) is 3.61. The Labute approximate surface area is 248 Å². The van der Waals surface area contributed by atoms with Gasteiger partial charge in [-0.2, -0.15) is 0 Å². The maximum Gasteiger partial charge on any atom is 0.306 e. The molecule has 0 amide bonds. The summed E-state index contributed by atoms with van der Waals surface area (Å²) in [5.74, 6) is -0.887. The van der Waals surface area contributed by atoms with Crippen molar-refractivity contribution in [3.8, 4) is 0 Å². The van der Waals surface area contributed by atoms with Crippen LogP contribution in [0.3, 0.4) is 0 Å². The van der Waals surface area contributed by atoms with E-state index in [1.165, 1.54) is 0 Å². The van der Waals surface area contributed by atoms with Crippen LogP contribution in [0.15, 0.2) is 0 Å². The first-order valence-corrected chi connectivity index (χ1v) is 50.7. The van der Waals surface area contributed by atoms with Gasteiger partial charge in [0.15, 0.2) is 0 Å². The summed E-state index contributed by atoms with van der Waals surface area (Å²) in [6.07, 6.45) is 0.718. The summed E-state index contributed by atoms with van der Waals surface area (Å²) in [6, 6.07) is 0. The lowest BCUT2D eigenvalue weighted by molar-refractivity contribution is -0.141. The molecule has 0 saturated carbocycles. The molecule has 0 heterocycles. The van der Waals surface area contributed by atoms with E-state index in [1.54, 1.807) is 6.92 Å². The Morgan fingerprint density at radius 1 is 0.727 bits per heavy atom. The van der Waals surface area contributed by atoms with Gasteiger partial charge >= 0.3 is 5.97 Å². The van der Waals surface area contributed by atoms with Crippen LogP contribution < -0.4 is 0 Å². The third-order valence-corrected chi connectivity index (χ3v) is 108. The number of carboxylic acids is 1. The number of rotatable bonds is 13. The molecule has 0 fully saturated rings. The van der Waals surface area contributed by atoms with Crippen LogP contribution in [0.2, 0.25) is 0 Å².